The van der Waals surface area contributed by atoms with Gasteiger partial charge in [-0.15, -0.1) is 11.8 Å². The lowest BCUT2D eigenvalue weighted by Gasteiger charge is -2.03. The Balaban J connectivity index is 2.33. The number of benzene rings is 1. The average Bonchev–Trinajstić information content (AvgIpc) is 2.28. The van der Waals surface area contributed by atoms with Crippen LogP contribution in [0, 0.1) is 6.92 Å². The van der Waals surface area contributed by atoms with Crippen LogP contribution in [0.3, 0.4) is 0 Å². The molecule has 0 atom stereocenters. The zero-order chi connectivity index (χ0) is 12.3. The molecule has 0 amide bonds. The first-order chi connectivity index (χ1) is 8.20. The molecule has 0 bridgehead atoms. The maximum atomic E-state index is 11.3. The van der Waals surface area contributed by atoms with Gasteiger partial charge in [0.05, 0.1) is 0 Å². The molecular weight excluding hydrogens is 300 g/mol. The molecule has 2 rings (SSSR count). The number of hydrogen-bond acceptors (Lipinski definition) is 3. The Morgan fingerprint density at radius 2 is 2.18 bits per heavy atom. The van der Waals surface area contributed by atoms with Gasteiger partial charge in [-0.05, 0) is 42.9 Å². The molecular formula is C13H13BrO2S. The van der Waals surface area contributed by atoms with E-state index in [0.29, 0.717) is 5.58 Å². The minimum absolute atomic E-state index is 0.280. The summed E-state index contributed by atoms with van der Waals surface area (Å²) in [6.45, 7) is 1.93. The fourth-order valence-corrected chi connectivity index (χ4v) is 3.17. The highest BCUT2D eigenvalue weighted by atomic mass is 79.9. The summed E-state index contributed by atoms with van der Waals surface area (Å²) >= 11 is 5.19. The maximum Gasteiger partial charge on any atom is 0.336 e. The molecule has 0 aliphatic heterocycles. The Bertz CT molecular complexity index is 577. The molecule has 0 radical (unpaired) electrons. The van der Waals surface area contributed by atoms with Gasteiger partial charge in [-0.3, -0.25) is 0 Å². The van der Waals surface area contributed by atoms with E-state index in [1.165, 1.54) is 6.07 Å². The topological polar surface area (TPSA) is 30.2 Å². The summed E-state index contributed by atoms with van der Waals surface area (Å²) in [6.07, 6.45) is 1.13. The Labute approximate surface area is 113 Å². The third-order valence-corrected chi connectivity index (χ3v) is 4.11. The van der Waals surface area contributed by atoms with Crippen LogP contribution in [0.25, 0.3) is 11.0 Å². The second-order valence-electron chi connectivity index (χ2n) is 3.80. The van der Waals surface area contributed by atoms with Gasteiger partial charge in [-0.1, -0.05) is 15.9 Å². The van der Waals surface area contributed by atoms with E-state index in [4.69, 9.17) is 4.42 Å². The van der Waals surface area contributed by atoms with Crippen molar-refractivity contribution >= 4 is 38.7 Å². The van der Waals surface area contributed by atoms with Gasteiger partial charge in [0.1, 0.15) is 5.58 Å². The highest BCUT2D eigenvalue weighted by molar-refractivity contribution is 9.09. The van der Waals surface area contributed by atoms with Gasteiger partial charge in [0.15, 0.2) is 0 Å². The van der Waals surface area contributed by atoms with E-state index in [0.717, 1.165) is 33.3 Å². The van der Waals surface area contributed by atoms with Crippen molar-refractivity contribution in [3.63, 3.8) is 0 Å². The van der Waals surface area contributed by atoms with Crippen molar-refractivity contribution in [2.24, 2.45) is 0 Å². The van der Waals surface area contributed by atoms with Crippen LogP contribution in [-0.4, -0.2) is 11.1 Å². The minimum Gasteiger partial charge on any atom is -0.423 e. The first-order valence-electron chi connectivity index (χ1n) is 5.44. The standard InChI is InChI=1S/C13H13BrO2S/c1-9-7-13(15)16-12-8-10(3-4-11(9)12)17-6-2-5-14/h3-4,7-8H,2,5-6H2,1H3. The quantitative estimate of drug-likeness (QED) is 0.370. The van der Waals surface area contributed by atoms with E-state index in [-0.39, 0.29) is 5.63 Å². The Hall–Kier alpha value is -0.740. The van der Waals surface area contributed by atoms with Gasteiger partial charge >= 0.3 is 5.63 Å². The summed E-state index contributed by atoms with van der Waals surface area (Å²) in [4.78, 5) is 12.4. The van der Waals surface area contributed by atoms with Crippen LogP contribution in [0.1, 0.15) is 12.0 Å². The van der Waals surface area contributed by atoms with Crippen LogP contribution >= 0.6 is 27.7 Å². The summed E-state index contributed by atoms with van der Waals surface area (Å²) in [5, 5.41) is 2.02. The molecule has 2 aromatic rings. The number of rotatable bonds is 4. The fourth-order valence-electron chi connectivity index (χ4n) is 1.64. The number of halogens is 1. The second-order valence-corrected chi connectivity index (χ2v) is 5.76. The third-order valence-electron chi connectivity index (χ3n) is 2.47. The molecule has 1 heterocycles. The van der Waals surface area contributed by atoms with Crippen molar-refractivity contribution in [3.8, 4) is 0 Å². The minimum atomic E-state index is -0.280. The number of fused-ring (bicyclic) bond motifs is 1. The molecule has 0 fully saturated rings. The number of alkyl halides is 1. The maximum absolute atomic E-state index is 11.3. The van der Waals surface area contributed by atoms with Gasteiger partial charge in [-0.25, -0.2) is 4.79 Å². The lowest BCUT2D eigenvalue weighted by molar-refractivity contribution is 0.559. The van der Waals surface area contributed by atoms with E-state index in [9.17, 15) is 4.79 Å². The van der Waals surface area contributed by atoms with Crippen LogP contribution in [0.5, 0.6) is 0 Å². The van der Waals surface area contributed by atoms with Gasteiger partial charge in [0.2, 0.25) is 0 Å². The van der Waals surface area contributed by atoms with Gasteiger partial charge in [0, 0.05) is 21.7 Å². The summed E-state index contributed by atoms with van der Waals surface area (Å²) in [6, 6.07) is 7.57. The van der Waals surface area contributed by atoms with E-state index in [1.807, 2.05) is 19.1 Å². The predicted molar refractivity (Wildman–Crippen MR) is 76.4 cm³/mol. The first-order valence-corrected chi connectivity index (χ1v) is 7.54. The zero-order valence-electron chi connectivity index (χ0n) is 9.53. The smallest absolute Gasteiger partial charge is 0.336 e. The fraction of sp³-hybridized carbons (Fsp3) is 0.308. The zero-order valence-corrected chi connectivity index (χ0v) is 11.9. The van der Waals surface area contributed by atoms with E-state index in [1.54, 1.807) is 11.8 Å². The molecule has 2 nitrogen and oxygen atoms in total. The first kappa shape index (κ1) is 12.7. The highest BCUT2D eigenvalue weighted by Gasteiger charge is 2.03. The number of thioether (sulfide) groups is 1. The van der Waals surface area contributed by atoms with Crippen LogP contribution in [0.15, 0.2) is 38.4 Å². The summed E-state index contributed by atoms with van der Waals surface area (Å²) in [5.74, 6) is 1.06. The molecule has 0 spiro atoms. The van der Waals surface area contributed by atoms with Crippen LogP contribution in [0.4, 0.5) is 0 Å². The molecule has 1 aromatic carbocycles. The molecule has 4 heteroatoms. The molecule has 0 N–H and O–H groups in total. The lowest BCUT2D eigenvalue weighted by atomic mass is 10.1. The molecule has 0 aliphatic carbocycles. The highest BCUT2D eigenvalue weighted by Crippen LogP contribution is 2.25. The van der Waals surface area contributed by atoms with Crippen LogP contribution in [-0.2, 0) is 0 Å². The number of aryl methyl sites for hydroxylation is 1. The second kappa shape index (κ2) is 5.74. The van der Waals surface area contributed by atoms with E-state index in [2.05, 4.69) is 22.0 Å². The Kier molecular flexibility index (Phi) is 4.29. The van der Waals surface area contributed by atoms with Crippen molar-refractivity contribution in [1.29, 1.82) is 0 Å². The van der Waals surface area contributed by atoms with E-state index < -0.39 is 0 Å². The van der Waals surface area contributed by atoms with Gasteiger partial charge < -0.3 is 4.42 Å². The largest absolute Gasteiger partial charge is 0.423 e. The van der Waals surface area contributed by atoms with Crippen LogP contribution < -0.4 is 5.63 Å². The predicted octanol–water partition coefficient (Wildman–Crippen LogP) is 3.98. The monoisotopic (exact) mass is 312 g/mol. The average molecular weight is 313 g/mol. The summed E-state index contributed by atoms with van der Waals surface area (Å²) < 4.78 is 5.21. The summed E-state index contributed by atoms with van der Waals surface area (Å²) in [5.41, 5.74) is 1.37. The normalized spacial score (nSPS) is 10.9. The van der Waals surface area contributed by atoms with Crippen LogP contribution in [0.2, 0.25) is 0 Å². The van der Waals surface area contributed by atoms with Crippen molar-refractivity contribution in [2.45, 2.75) is 18.2 Å². The van der Waals surface area contributed by atoms with Crippen molar-refractivity contribution in [1.82, 2.24) is 0 Å². The molecule has 17 heavy (non-hydrogen) atoms. The van der Waals surface area contributed by atoms with Gasteiger partial charge in [-0.2, -0.15) is 0 Å². The summed E-state index contributed by atoms with van der Waals surface area (Å²) in [7, 11) is 0. The van der Waals surface area contributed by atoms with Crippen molar-refractivity contribution in [3.05, 3.63) is 40.2 Å². The van der Waals surface area contributed by atoms with Crippen molar-refractivity contribution < 1.29 is 4.42 Å². The Morgan fingerprint density at radius 3 is 2.94 bits per heavy atom. The molecule has 0 unspecified atom stereocenters. The lowest BCUT2D eigenvalue weighted by Crippen LogP contribution is -1.97. The van der Waals surface area contributed by atoms with Crippen molar-refractivity contribution in [2.75, 3.05) is 11.1 Å². The molecule has 0 saturated heterocycles. The SMILES string of the molecule is Cc1cc(=O)oc2cc(SCCCBr)ccc12. The molecule has 0 saturated carbocycles. The third kappa shape index (κ3) is 3.13. The van der Waals surface area contributed by atoms with Gasteiger partial charge in [0.25, 0.3) is 0 Å². The molecule has 0 aliphatic rings. The number of hydrogen-bond donors (Lipinski definition) is 0. The van der Waals surface area contributed by atoms with E-state index >= 15 is 0 Å². The molecule has 90 valence electrons. The molecule has 1 aromatic heterocycles. The Morgan fingerprint density at radius 1 is 1.35 bits per heavy atom.